The Bertz CT molecular complexity index is 543. The van der Waals surface area contributed by atoms with Crippen molar-refractivity contribution >= 4 is 18.0 Å². The second-order valence-corrected chi connectivity index (χ2v) is 3.38. The van der Waals surface area contributed by atoms with Crippen LogP contribution in [0.5, 0.6) is 11.5 Å². The Balaban J connectivity index is 3.15. The lowest BCUT2D eigenvalue weighted by atomic mass is 10.1. The van der Waals surface area contributed by atoms with Crippen molar-refractivity contribution in [1.29, 1.82) is 0 Å². The van der Waals surface area contributed by atoms with Crippen LogP contribution in [0.4, 0.5) is 10.5 Å². The molecule has 1 N–H and O–H groups in total. The van der Waals surface area contributed by atoms with E-state index in [0.29, 0.717) is 5.75 Å². The number of hydrogen-bond donors (Lipinski definition) is 1. The van der Waals surface area contributed by atoms with Gasteiger partial charge in [0.15, 0.2) is 11.5 Å². The lowest BCUT2D eigenvalue weighted by molar-refractivity contribution is -0.385. The molecule has 0 saturated carbocycles. The first-order chi connectivity index (χ1) is 9.53. The van der Waals surface area contributed by atoms with Crippen LogP contribution in [0.1, 0.15) is 5.56 Å². The highest BCUT2D eigenvalue weighted by Gasteiger charge is 2.18. The van der Waals surface area contributed by atoms with Crippen molar-refractivity contribution in [2.45, 2.75) is 0 Å². The molecule has 9 nitrogen and oxygen atoms in total. The molecule has 108 valence electrons. The van der Waals surface area contributed by atoms with Gasteiger partial charge in [-0.25, -0.2) is 10.2 Å². The maximum Gasteiger partial charge on any atom is 0.427 e. The SMILES string of the molecule is COC(=O)N/N=C\c1cc(OC)c(OC)cc1[N+](=O)[O-]. The Kier molecular flexibility index (Phi) is 5.27. The molecule has 0 fully saturated rings. The van der Waals surface area contributed by atoms with Gasteiger partial charge >= 0.3 is 6.09 Å². The van der Waals surface area contributed by atoms with Gasteiger partial charge in [-0.1, -0.05) is 0 Å². The zero-order valence-corrected chi connectivity index (χ0v) is 11.1. The number of nitrogens with zero attached hydrogens (tertiary/aromatic N) is 2. The fraction of sp³-hybridized carbons (Fsp3) is 0.273. The maximum atomic E-state index is 11.0. The minimum atomic E-state index is -0.788. The number of hydrogen-bond acceptors (Lipinski definition) is 7. The molecule has 1 aromatic carbocycles. The van der Waals surface area contributed by atoms with Crippen LogP contribution in [0, 0.1) is 10.1 Å². The summed E-state index contributed by atoms with van der Waals surface area (Å²) in [4.78, 5) is 21.2. The average Bonchev–Trinajstić information content (AvgIpc) is 2.45. The van der Waals surface area contributed by atoms with Crippen LogP contribution in [0.15, 0.2) is 17.2 Å². The summed E-state index contributed by atoms with van der Waals surface area (Å²) < 4.78 is 14.3. The predicted molar refractivity (Wildman–Crippen MR) is 69.3 cm³/mol. The molecule has 0 heterocycles. The third kappa shape index (κ3) is 3.57. The highest BCUT2D eigenvalue weighted by atomic mass is 16.6. The molecule has 0 aliphatic heterocycles. The Morgan fingerprint density at radius 2 is 1.90 bits per heavy atom. The monoisotopic (exact) mass is 283 g/mol. The van der Waals surface area contributed by atoms with Crippen molar-refractivity contribution in [2.24, 2.45) is 5.10 Å². The Hall–Kier alpha value is -2.84. The summed E-state index contributed by atoms with van der Waals surface area (Å²) in [6.45, 7) is 0. The molecule has 1 rings (SSSR count). The summed E-state index contributed by atoms with van der Waals surface area (Å²) >= 11 is 0. The number of benzene rings is 1. The van der Waals surface area contributed by atoms with Crippen molar-refractivity contribution in [1.82, 2.24) is 5.43 Å². The van der Waals surface area contributed by atoms with Gasteiger partial charge in [0, 0.05) is 0 Å². The largest absolute Gasteiger partial charge is 0.493 e. The molecule has 0 atom stereocenters. The first-order valence-corrected chi connectivity index (χ1v) is 5.31. The van der Waals surface area contributed by atoms with Crippen molar-refractivity contribution in [2.75, 3.05) is 21.3 Å². The van der Waals surface area contributed by atoms with Gasteiger partial charge in [-0.05, 0) is 6.07 Å². The maximum absolute atomic E-state index is 11.0. The Morgan fingerprint density at radius 3 is 2.40 bits per heavy atom. The van der Waals surface area contributed by atoms with E-state index in [9.17, 15) is 14.9 Å². The average molecular weight is 283 g/mol. The molecule has 0 spiro atoms. The summed E-state index contributed by atoms with van der Waals surface area (Å²) in [7, 11) is 3.94. The van der Waals surface area contributed by atoms with Gasteiger partial charge in [-0.2, -0.15) is 5.10 Å². The molecule has 0 radical (unpaired) electrons. The summed E-state index contributed by atoms with van der Waals surface area (Å²) in [5.41, 5.74) is 1.93. The molecule has 1 amide bonds. The van der Waals surface area contributed by atoms with Crippen molar-refractivity contribution in [3.05, 3.63) is 27.8 Å². The number of ether oxygens (including phenoxy) is 3. The highest BCUT2D eigenvalue weighted by molar-refractivity contribution is 5.87. The van der Waals surface area contributed by atoms with Crippen LogP contribution in [0.25, 0.3) is 0 Å². The minimum absolute atomic E-state index is 0.143. The van der Waals surface area contributed by atoms with Gasteiger partial charge in [-0.15, -0.1) is 0 Å². The first-order valence-electron chi connectivity index (χ1n) is 5.31. The second kappa shape index (κ2) is 6.92. The van der Waals surface area contributed by atoms with E-state index in [1.807, 2.05) is 5.43 Å². The highest BCUT2D eigenvalue weighted by Crippen LogP contribution is 2.33. The third-order valence-electron chi connectivity index (χ3n) is 2.27. The number of carbonyl (C=O) groups excluding carboxylic acids is 1. The quantitative estimate of drug-likeness (QED) is 0.495. The number of methoxy groups -OCH3 is 3. The van der Waals surface area contributed by atoms with Gasteiger partial charge in [0.2, 0.25) is 0 Å². The standard InChI is InChI=1S/C11H13N3O6/c1-18-9-4-7(6-12-13-11(15)20-3)8(14(16)17)5-10(9)19-2/h4-6H,1-3H3,(H,13,15)/b12-6-. The number of nitro benzene ring substituents is 1. The predicted octanol–water partition coefficient (Wildman–Crippen LogP) is 1.30. The number of amides is 1. The normalized spacial score (nSPS) is 10.2. The van der Waals surface area contributed by atoms with Gasteiger partial charge < -0.3 is 14.2 Å². The summed E-state index contributed by atoms with van der Waals surface area (Å²) in [5.74, 6) is 0.523. The second-order valence-electron chi connectivity index (χ2n) is 3.38. The van der Waals surface area contributed by atoms with Gasteiger partial charge in [0.25, 0.3) is 5.69 Å². The fourth-order valence-corrected chi connectivity index (χ4v) is 1.35. The number of rotatable bonds is 5. The van der Waals surface area contributed by atoms with Crippen LogP contribution >= 0.6 is 0 Å². The van der Waals surface area contributed by atoms with E-state index in [4.69, 9.17) is 9.47 Å². The Morgan fingerprint density at radius 1 is 1.30 bits per heavy atom. The van der Waals surface area contributed by atoms with Gasteiger partial charge in [-0.3, -0.25) is 10.1 Å². The van der Waals surface area contributed by atoms with E-state index in [1.54, 1.807) is 0 Å². The first kappa shape index (κ1) is 15.2. The smallest absolute Gasteiger partial charge is 0.427 e. The molecule has 1 aromatic rings. The van der Waals surface area contributed by atoms with E-state index in [2.05, 4.69) is 9.84 Å². The third-order valence-corrected chi connectivity index (χ3v) is 2.27. The molecule has 0 aliphatic rings. The molecule has 0 aliphatic carbocycles. The molecule has 0 saturated heterocycles. The van der Waals surface area contributed by atoms with Crippen LogP contribution in [0.3, 0.4) is 0 Å². The molecule has 9 heteroatoms. The molecular weight excluding hydrogens is 270 g/mol. The van der Waals surface area contributed by atoms with E-state index in [-0.39, 0.29) is 17.0 Å². The summed E-state index contributed by atoms with van der Waals surface area (Å²) in [5, 5.41) is 14.5. The minimum Gasteiger partial charge on any atom is -0.493 e. The van der Waals surface area contributed by atoms with Crippen LogP contribution in [-0.2, 0) is 4.74 Å². The van der Waals surface area contributed by atoms with Crippen molar-refractivity contribution in [3.8, 4) is 11.5 Å². The molecular formula is C11H13N3O6. The zero-order valence-electron chi connectivity index (χ0n) is 11.1. The van der Waals surface area contributed by atoms with Crippen molar-refractivity contribution in [3.63, 3.8) is 0 Å². The number of nitrogens with one attached hydrogen (secondary N) is 1. The zero-order chi connectivity index (χ0) is 15.1. The van der Waals surface area contributed by atoms with E-state index in [0.717, 1.165) is 6.21 Å². The van der Waals surface area contributed by atoms with Crippen LogP contribution < -0.4 is 14.9 Å². The number of carbonyl (C=O) groups is 1. The molecule has 0 unspecified atom stereocenters. The summed E-state index contributed by atoms with van der Waals surface area (Å²) in [6.07, 6.45) is 0.321. The fourth-order valence-electron chi connectivity index (χ4n) is 1.35. The van der Waals surface area contributed by atoms with E-state index in [1.165, 1.54) is 33.5 Å². The topological polar surface area (TPSA) is 112 Å². The van der Waals surface area contributed by atoms with Gasteiger partial charge in [0.05, 0.1) is 44.1 Å². The van der Waals surface area contributed by atoms with E-state index >= 15 is 0 Å². The lowest BCUT2D eigenvalue weighted by Crippen LogP contribution is -2.16. The van der Waals surface area contributed by atoms with E-state index < -0.39 is 11.0 Å². The van der Waals surface area contributed by atoms with Crippen molar-refractivity contribution < 1.29 is 23.9 Å². The molecule has 0 aromatic heterocycles. The lowest BCUT2D eigenvalue weighted by Gasteiger charge is -2.08. The number of nitro groups is 1. The molecule has 20 heavy (non-hydrogen) atoms. The number of hydrazone groups is 1. The van der Waals surface area contributed by atoms with Crippen LogP contribution in [-0.4, -0.2) is 38.6 Å². The van der Waals surface area contributed by atoms with Crippen LogP contribution in [0.2, 0.25) is 0 Å². The summed E-state index contributed by atoms with van der Waals surface area (Å²) in [6, 6.07) is 2.58. The molecule has 0 bridgehead atoms. The van der Waals surface area contributed by atoms with Gasteiger partial charge in [0.1, 0.15) is 0 Å². The Labute approximate surface area is 114 Å².